The zero-order valence-corrected chi connectivity index (χ0v) is 15.1. The Labute approximate surface area is 144 Å². The molecular weight excluding hydrogens is 298 g/mol. The third-order valence-electron chi connectivity index (χ3n) is 5.11. The number of carbonyl (C=O) groups is 1. The molecule has 1 aliphatic rings. The van der Waals surface area contributed by atoms with E-state index in [1.165, 1.54) is 29.5 Å². The molecule has 0 radical (unpaired) electrons. The number of carbonyl (C=O) groups excluding carboxylic acids is 1. The molecule has 0 bridgehead atoms. The number of aromatic nitrogens is 2. The van der Waals surface area contributed by atoms with E-state index in [0.29, 0.717) is 12.3 Å². The van der Waals surface area contributed by atoms with E-state index in [9.17, 15) is 4.79 Å². The van der Waals surface area contributed by atoms with Crippen molar-refractivity contribution < 1.29 is 4.79 Å². The number of nitrogens with one attached hydrogen (secondary N) is 1. The van der Waals surface area contributed by atoms with Crippen LogP contribution in [0.4, 0.5) is 0 Å². The average molecular weight is 325 g/mol. The molecule has 1 aliphatic carbocycles. The summed E-state index contributed by atoms with van der Waals surface area (Å²) in [6, 6.07) is 8.70. The maximum Gasteiger partial charge on any atom is 0.220 e. The van der Waals surface area contributed by atoms with Gasteiger partial charge in [0.25, 0.3) is 0 Å². The van der Waals surface area contributed by atoms with Crippen LogP contribution in [0.15, 0.2) is 24.3 Å². The number of benzene rings is 1. The summed E-state index contributed by atoms with van der Waals surface area (Å²) in [6.45, 7) is 6.17. The molecule has 1 saturated carbocycles. The van der Waals surface area contributed by atoms with E-state index < -0.39 is 0 Å². The molecule has 0 spiro atoms. The lowest BCUT2D eigenvalue weighted by Crippen LogP contribution is -2.30. The highest BCUT2D eigenvalue weighted by atomic mass is 16.1. The van der Waals surface area contributed by atoms with Crippen molar-refractivity contribution in [3.8, 4) is 0 Å². The summed E-state index contributed by atoms with van der Waals surface area (Å²) < 4.78 is 1.89. The first-order valence-electron chi connectivity index (χ1n) is 8.80. The second-order valence-electron chi connectivity index (χ2n) is 7.07. The molecule has 4 nitrogen and oxygen atoms in total. The Bertz CT molecular complexity index is 726. The highest BCUT2D eigenvalue weighted by Gasteiger charge is 2.33. The molecule has 1 N–H and O–H groups in total. The van der Waals surface area contributed by atoms with Crippen molar-refractivity contribution >= 4 is 5.91 Å². The zero-order valence-electron chi connectivity index (χ0n) is 15.1. The van der Waals surface area contributed by atoms with Gasteiger partial charge in [0.15, 0.2) is 0 Å². The van der Waals surface area contributed by atoms with Gasteiger partial charge in [0.1, 0.15) is 0 Å². The van der Waals surface area contributed by atoms with Crippen LogP contribution >= 0.6 is 0 Å². The van der Waals surface area contributed by atoms with Crippen molar-refractivity contribution in [1.82, 2.24) is 15.1 Å². The van der Waals surface area contributed by atoms with Crippen molar-refractivity contribution in [2.24, 2.45) is 13.0 Å². The van der Waals surface area contributed by atoms with E-state index in [1.807, 2.05) is 18.7 Å². The Morgan fingerprint density at radius 2 is 1.92 bits per heavy atom. The van der Waals surface area contributed by atoms with Crippen LogP contribution in [0.3, 0.4) is 0 Å². The second-order valence-corrected chi connectivity index (χ2v) is 7.07. The Morgan fingerprint density at radius 3 is 2.46 bits per heavy atom. The molecule has 1 atom stereocenters. The van der Waals surface area contributed by atoms with Gasteiger partial charge in [-0.05, 0) is 57.1 Å². The Kier molecular flexibility index (Phi) is 4.74. The molecular formula is C20H27N3O. The van der Waals surface area contributed by atoms with Crippen molar-refractivity contribution in [2.45, 2.75) is 52.5 Å². The summed E-state index contributed by atoms with van der Waals surface area (Å²) >= 11 is 0. The van der Waals surface area contributed by atoms with Gasteiger partial charge in [-0.1, -0.05) is 29.8 Å². The topological polar surface area (TPSA) is 46.9 Å². The van der Waals surface area contributed by atoms with Gasteiger partial charge in [-0.2, -0.15) is 5.10 Å². The summed E-state index contributed by atoms with van der Waals surface area (Å²) in [5, 5.41) is 7.69. The van der Waals surface area contributed by atoms with Gasteiger partial charge in [0.05, 0.1) is 11.7 Å². The average Bonchev–Trinajstić information content (AvgIpc) is 3.34. The lowest BCUT2D eigenvalue weighted by molar-refractivity contribution is -0.122. The highest BCUT2D eigenvalue weighted by molar-refractivity contribution is 5.77. The van der Waals surface area contributed by atoms with Crippen molar-refractivity contribution in [3.05, 3.63) is 52.3 Å². The SMILES string of the molecule is Cc1ccc(C(NC(=O)CCc2c(C)nn(C)c2C)C2CC2)cc1. The van der Waals surface area contributed by atoms with Crippen molar-refractivity contribution in [1.29, 1.82) is 0 Å². The fraction of sp³-hybridized carbons (Fsp3) is 0.500. The van der Waals surface area contributed by atoms with Crippen LogP contribution in [-0.2, 0) is 18.3 Å². The van der Waals surface area contributed by atoms with Gasteiger partial charge in [0.2, 0.25) is 5.91 Å². The highest BCUT2D eigenvalue weighted by Crippen LogP contribution is 2.41. The van der Waals surface area contributed by atoms with E-state index in [-0.39, 0.29) is 11.9 Å². The summed E-state index contributed by atoms with van der Waals surface area (Å²) in [5.74, 6) is 0.730. The minimum Gasteiger partial charge on any atom is -0.349 e. The Balaban J connectivity index is 1.63. The molecule has 3 rings (SSSR count). The summed E-state index contributed by atoms with van der Waals surface area (Å²) in [5.41, 5.74) is 5.86. The van der Waals surface area contributed by atoms with E-state index >= 15 is 0 Å². The summed E-state index contributed by atoms with van der Waals surface area (Å²) in [7, 11) is 1.95. The van der Waals surface area contributed by atoms with Gasteiger partial charge < -0.3 is 5.32 Å². The smallest absolute Gasteiger partial charge is 0.220 e. The molecule has 1 amide bonds. The molecule has 4 heteroatoms. The molecule has 24 heavy (non-hydrogen) atoms. The van der Waals surface area contributed by atoms with E-state index in [4.69, 9.17) is 0 Å². The molecule has 128 valence electrons. The minimum absolute atomic E-state index is 0.134. The van der Waals surface area contributed by atoms with Gasteiger partial charge in [-0.25, -0.2) is 0 Å². The van der Waals surface area contributed by atoms with Crippen molar-refractivity contribution in [3.63, 3.8) is 0 Å². The quantitative estimate of drug-likeness (QED) is 0.883. The van der Waals surface area contributed by atoms with Crippen molar-refractivity contribution in [2.75, 3.05) is 0 Å². The fourth-order valence-corrected chi connectivity index (χ4v) is 3.34. The van der Waals surface area contributed by atoms with Gasteiger partial charge in [-0.3, -0.25) is 9.48 Å². The number of nitrogens with zero attached hydrogens (tertiary/aromatic N) is 2. The molecule has 1 fully saturated rings. The molecule has 0 aliphatic heterocycles. The Hall–Kier alpha value is -2.10. The van der Waals surface area contributed by atoms with E-state index in [0.717, 1.165) is 17.8 Å². The van der Waals surface area contributed by atoms with E-state index in [2.05, 4.69) is 48.5 Å². The van der Waals surface area contributed by atoms with Crippen LogP contribution in [0, 0.1) is 26.7 Å². The first kappa shape index (κ1) is 16.7. The standard InChI is InChI=1S/C20H27N3O/c1-13-5-7-16(8-6-13)20(17-9-10-17)21-19(24)12-11-18-14(2)22-23(4)15(18)3/h5-8,17,20H,9-12H2,1-4H3,(H,21,24). The first-order valence-corrected chi connectivity index (χ1v) is 8.80. The van der Waals surface area contributed by atoms with E-state index in [1.54, 1.807) is 0 Å². The van der Waals surface area contributed by atoms with Crippen LogP contribution in [0.2, 0.25) is 0 Å². The predicted octanol–water partition coefficient (Wildman–Crippen LogP) is 3.55. The van der Waals surface area contributed by atoms with Gasteiger partial charge >= 0.3 is 0 Å². The van der Waals surface area contributed by atoms with Crippen LogP contribution in [0.25, 0.3) is 0 Å². The first-order chi connectivity index (χ1) is 11.5. The molecule has 2 aromatic rings. The number of aryl methyl sites for hydroxylation is 3. The van der Waals surface area contributed by atoms with Gasteiger partial charge in [0, 0.05) is 19.2 Å². The molecule has 1 heterocycles. The molecule has 0 saturated heterocycles. The van der Waals surface area contributed by atoms with Crippen LogP contribution in [0.5, 0.6) is 0 Å². The number of hydrogen-bond acceptors (Lipinski definition) is 2. The van der Waals surface area contributed by atoms with Crippen LogP contribution < -0.4 is 5.32 Å². The summed E-state index contributed by atoms with van der Waals surface area (Å²) in [6.07, 6.45) is 3.68. The number of hydrogen-bond donors (Lipinski definition) is 1. The molecule has 1 aromatic carbocycles. The third kappa shape index (κ3) is 3.69. The van der Waals surface area contributed by atoms with Crippen LogP contribution in [-0.4, -0.2) is 15.7 Å². The predicted molar refractivity (Wildman–Crippen MR) is 95.8 cm³/mol. The minimum atomic E-state index is 0.134. The largest absolute Gasteiger partial charge is 0.349 e. The lowest BCUT2D eigenvalue weighted by atomic mass is 10.0. The maximum absolute atomic E-state index is 12.5. The fourth-order valence-electron chi connectivity index (χ4n) is 3.34. The normalized spacial score (nSPS) is 15.3. The lowest BCUT2D eigenvalue weighted by Gasteiger charge is -2.19. The van der Waals surface area contributed by atoms with Gasteiger partial charge in [-0.15, -0.1) is 0 Å². The Morgan fingerprint density at radius 1 is 1.25 bits per heavy atom. The zero-order chi connectivity index (χ0) is 17.3. The van der Waals surface area contributed by atoms with Crippen LogP contribution in [0.1, 0.15) is 53.4 Å². The number of amides is 1. The third-order valence-corrected chi connectivity index (χ3v) is 5.11. The maximum atomic E-state index is 12.5. The molecule has 1 aromatic heterocycles. The second kappa shape index (κ2) is 6.80. The summed E-state index contributed by atoms with van der Waals surface area (Å²) in [4.78, 5) is 12.5. The number of rotatable bonds is 6. The monoisotopic (exact) mass is 325 g/mol. The molecule has 1 unspecified atom stereocenters.